The molecule has 3 aromatic rings. The molecule has 6 heteroatoms. The molecule has 0 fully saturated rings. The lowest BCUT2D eigenvalue weighted by molar-refractivity contribution is 0.0707. The van der Waals surface area contributed by atoms with Crippen molar-refractivity contribution in [2.24, 2.45) is 0 Å². The molecule has 3 rings (SSSR count). The van der Waals surface area contributed by atoms with E-state index in [9.17, 15) is 4.79 Å². The molecule has 0 bridgehead atoms. The zero-order valence-corrected chi connectivity index (χ0v) is 12.1. The molecule has 2 heterocycles. The number of nitrogen functional groups attached to an aromatic ring is 1. The summed E-state index contributed by atoms with van der Waals surface area (Å²) < 4.78 is 0. The first-order chi connectivity index (χ1) is 11.2. The molecule has 0 spiro atoms. The fourth-order valence-corrected chi connectivity index (χ4v) is 2.26. The average Bonchev–Trinajstić information content (AvgIpc) is 2.62. The first kappa shape index (κ1) is 14.7. The van der Waals surface area contributed by atoms with Crippen LogP contribution < -0.4 is 11.2 Å². The summed E-state index contributed by atoms with van der Waals surface area (Å²) in [6, 6.07) is 13.2. The van der Waals surface area contributed by atoms with Crippen LogP contribution in [-0.2, 0) is 0 Å². The summed E-state index contributed by atoms with van der Waals surface area (Å²) in [4.78, 5) is 19.7. The van der Waals surface area contributed by atoms with Gasteiger partial charge >= 0.3 is 0 Å². The zero-order chi connectivity index (χ0) is 16.2. The third kappa shape index (κ3) is 3.02. The molecule has 114 valence electrons. The summed E-state index contributed by atoms with van der Waals surface area (Å²) in [6.45, 7) is 0. The van der Waals surface area contributed by atoms with Crippen LogP contribution in [0.3, 0.4) is 0 Å². The highest BCUT2D eigenvalue weighted by Gasteiger charge is 2.11. The first-order valence-electron chi connectivity index (χ1n) is 6.90. The lowest BCUT2D eigenvalue weighted by Gasteiger charge is -2.08. The second kappa shape index (κ2) is 6.25. The second-order valence-corrected chi connectivity index (χ2v) is 4.92. The molecule has 0 saturated heterocycles. The first-order valence-corrected chi connectivity index (χ1v) is 6.90. The second-order valence-electron chi connectivity index (χ2n) is 4.92. The molecule has 0 atom stereocenters. The van der Waals surface area contributed by atoms with E-state index in [1.165, 1.54) is 0 Å². The van der Waals surface area contributed by atoms with Gasteiger partial charge in [-0.05, 0) is 28.8 Å². The number of carbonyl (C=O) groups excluding carboxylic acids is 1. The van der Waals surface area contributed by atoms with Crippen LogP contribution in [0.25, 0.3) is 22.3 Å². The number of hydroxylamine groups is 1. The number of pyridine rings is 2. The minimum Gasteiger partial charge on any atom is -0.383 e. The van der Waals surface area contributed by atoms with Gasteiger partial charge in [0.15, 0.2) is 0 Å². The summed E-state index contributed by atoms with van der Waals surface area (Å²) in [6.07, 6.45) is 5.11. The van der Waals surface area contributed by atoms with Gasteiger partial charge in [-0.15, -0.1) is 0 Å². The highest BCUT2D eigenvalue weighted by molar-refractivity contribution is 5.98. The number of anilines is 1. The van der Waals surface area contributed by atoms with E-state index in [-0.39, 0.29) is 11.4 Å². The summed E-state index contributed by atoms with van der Waals surface area (Å²) in [7, 11) is 0. The third-order valence-electron chi connectivity index (χ3n) is 3.48. The molecule has 23 heavy (non-hydrogen) atoms. The number of rotatable bonds is 3. The molecule has 2 aromatic heterocycles. The Balaban J connectivity index is 1.95. The lowest BCUT2D eigenvalue weighted by Crippen LogP contribution is -2.20. The number of nitrogens with zero attached hydrogens (tertiary/aromatic N) is 2. The van der Waals surface area contributed by atoms with Crippen LogP contribution in [0.1, 0.15) is 10.4 Å². The van der Waals surface area contributed by atoms with Crippen molar-refractivity contribution < 1.29 is 10.0 Å². The number of benzene rings is 1. The number of nitrogens with two attached hydrogens (primary N) is 1. The zero-order valence-electron chi connectivity index (χ0n) is 12.1. The van der Waals surface area contributed by atoms with Crippen molar-refractivity contribution in [1.29, 1.82) is 0 Å². The van der Waals surface area contributed by atoms with Crippen molar-refractivity contribution in [2.75, 3.05) is 5.73 Å². The third-order valence-corrected chi connectivity index (χ3v) is 3.48. The molecule has 6 nitrogen and oxygen atoms in total. The number of amides is 1. The van der Waals surface area contributed by atoms with Crippen molar-refractivity contribution in [2.45, 2.75) is 0 Å². The minimum atomic E-state index is -0.691. The van der Waals surface area contributed by atoms with E-state index in [1.807, 2.05) is 36.4 Å². The molecule has 1 aromatic carbocycles. The maximum absolute atomic E-state index is 11.6. The Bertz CT molecular complexity index is 833. The quantitative estimate of drug-likeness (QED) is 0.510. The predicted molar refractivity (Wildman–Crippen MR) is 86.6 cm³/mol. The van der Waals surface area contributed by atoms with Crippen LogP contribution in [0.2, 0.25) is 0 Å². The Morgan fingerprint density at radius 2 is 1.70 bits per heavy atom. The molecule has 0 saturated carbocycles. The lowest BCUT2D eigenvalue weighted by atomic mass is 10.0. The maximum atomic E-state index is 11.6. The van der Waals surface area contributed by atoms with Crippen molar-refractivity contribution in [3.8, 4) is 22.3 Å². The number of hydrogen-bond acceptors (Lipinski definition) is 5. The van der Waals surface area contributed by atoms with Crippen LogP contribution in [0.4, 0.5) is 5.82 Å². The molecule has 0 aliphatic carbocycles. The van der Waals surface area contributed by atoms with E-state index >= 15 is 0 Å². The average molecular weight is 306 g/mol. The van der Waals surface area contributed by atoms with Crippen LogP contribution in [-0.4, -0.2) is 21.1 Å². The summed E-state index contributed by atoms with van der Waals surface area (Å²) in [5, 5.41) is 8.75. The summed E-state index contributed by atoms with van der Waals surface area (Å²) in [5.41, 5.74) is 11.0. The normalized spacial score (nSPS) is 10.3. The topological polar surface area (TPSA) is 101 Å². The Labute approximate surface area is 132 Å². The predicted octanol–water partition coefficient (Wildman–Crippen LogP) is 2.51. The molecular weight excluding hydrogens is 292 g/mol. The largest absolute Gasteiger partial charge is 0.383 e. The van der Waals surface area contributed by atoms with Crippen LogP contribution >= 0.6 is 0 Å². The van der Waals surface area contributed by atoms with E-state index in [1.54, 1.807) is 30.1 Å². The van der Waals surface area contributed by atoms with Crippen LogP contribution in [0.15, 0.2) is 61.1 Å². The van der Waals surface area contributed by atoms with Crippen LogP contribution in [0.5, 0.6) is 0 Å². The van der Waals surface area contributed by atoms with Gasteiger partial charge in [0.25, 0.3) is 5.91 Å². The maximum Gasteiger partial charge on any atom is 0.278 e. The van der Waals surface area contributed by atoms with Crippen molar-refractivity contribution >= 4 is 11.7 Å². The number of hydrogen-bond donors (Lipinski definition) is 3. The number of nitrogens with one attached hydrogen (secondary N) is 1. The van der Waals surface area contributed by atoms with Crippen molar-refractivity contribution in [1.82, 2.24) is 15.4 Å². The van der Waals surface area contributed by atoms with Crippen molar-refractivity contribution in [3.05, 3.63) is 66.6 Å². The van der Waals surface area contributed by atoms with Gasteiger partial charge in [-0.1, -0.05) is 30.3 Å². The van der Waals surface area contributed by atoms with Gasteiger partial charge < -0.3 is 5.73 Å². The highest BCUT2D eigenvalue weighted by Crippen LogP contribution is 2.25. The minimum absolute atomic E-state index is 0.0623. The molecular formula is C17H14N4O2. The van der Waals surface area contributed by atoms with E-state index in [0.29, 0.717) is 0 Å². The van der Waals surface area contributed by atoms with E-state index in [0.717, 1.165) is 22.3 Å². The van der Waals surface area contributed by atoms with E-state index < -0.39 is 5.91 Å². The van der Waals surface area contributed by atoms with Gasteiger partial charge in [-0.25, -0.2) is 10.5 Å². The Morgan fingerprint density at radius 1 is 1.00 bits per heavy atom. The van der Waals surface area contributed by atoms with E-state index in [2.05, 4.69) is 9.97 Å². The highest BCUT2D eigenvalue weighted by atomic mass is 16.5. The van der Waals surface area contributed by atoms with Gasteiger partial charge in [0.2, 0.25) is 0 Å². The molecule has 0 unspecified atom stereocenters. The van der Waals surface area contributed by atoms with Gasteiger partial charge in [0.05, 0.1) is 5.56 Å². The molecule has 4 N–H and O–H groups in total. The fourth-order valence-electron chi connectivity index (χ4n) is 2.26. The molecule has 1 amide bonds. The van der Waals surface area contributed by atoms with Gasteiger partial charge in [0, 0.05) is 24.2 Å². The fraction of sp³-hybridized carbons (Fsp3) is 0. The molecule has 0 radical (unpaired) electrons. The Hall–Kier alpha value is -3.25. The standard InChI is InChI=1S/C17H14N4O2/c18-16-15(17(22)21-23)8-14(10-20-16)12-5-3-11(4-6-12)13-2-1-7-19-9-13/h1-10,23H,(H2,18,20)(H,21,22). The number of carbonyl (C=O) groups is 1. The van der Waals surface area contributed by atoms with Gasteiger partial charge in [-0.3, -0.25) is 15.0 Å². The van der Waals surface area contributed by atoms with Crippen LogP contribution in [0, 0.1) is 0 Å². The summed E-state index contributed by atoms with van der Waals surface area (Å²) >= 11 is 0. The van der Waals surface area contributed by atoms with Gasteiger partial charge in [-0.2, -0.15) is 0 Å². The van der Waals surface area contributed by atoms with Crippen molar-refractivity contribution in [3.63, 3.8) is 0 Å². The number of aromatic nitrogens is 2. The molecule has 0 aliphatic rings. The Morgan fingerprint density at radius 3 is 2.30 bits per heavy atom. The molecule has 0 aliphatic heterocycles. The smallest absolute Gasteiger partial charge is 0.278 e. The SMILES string of the molecule is Nc1ncc(-c2ccc(-c3cccnc3)cc2)cc1C(=O)NO. The summed E-state index contributed by atoms with van der Waals surface area (Å²) in [5.74, 6) is -0.629. The monoisotopic (exact) mass is 306 g/mol. The van der Waals surface area contributed by atoms with E-state index in [4.69, 9.17) is 10.9 Å². The Kier molecular flexibility index (Phi) is 3.99. The van der Waals surface area contributed by atoms with Gasteiger partial charge in [0.1, 0.15) is 5.82 Å².